The van der Waals surface area contributed by atoms with Crippen LogP contribution >= 0.6 is 0 Å². The number of hydrogen-bond acceptors (Lipinski definition) is 5. The minimum Gasteiger partial charge on any atom is -0.360 e. The highest BCUT2D eigenvalue weighted by atomic mass is 19.4. The van der Waals surface area contributed by atoms with Crippen molar-refractivity contribution in [1.29, 1.82) is 0 Å². The van der Waals surface area contributed by atoms with Gasteiger partial charge in [0.25, 0.3) is 5.91 Å². The first-order chi connectivity index (χ1) is 15.7. The van der Waals surface area contributed by atoms with Gasteiger partial charge in [0, 0.05) is 32.4 Å². The predicted molar refractivity (Wildman–Crippen MR) is 114 cm³/mol. The molecule has 4 rings (SSSR count). The highest BCUT2D eigenvalue weighted by Gasteiger charge is 2.45. The molecule has 7 nitrogen and oxygen atoms in total. The van der Waals surface area contributed by atoms with Gasteiger partial charge in [-0.2, -0.15) is 13.2 Å². The molecule has 10 heteroatoms. The van der Waals surface area contributed by atoms with Crippen LogP contribution in [0.25, 0.3) is 0 Å². The first-order valence-corrected chi connectivity index (χ1v) is 11.6. The average Bonchev–Trinajstić information content (AvgIpc) is 2.79. The van der Waals surface area contributed by atoms with E-state index in [4.69, 9.17) is 4.74 Å². The molecule has 1 aromatic rings. The summed E-state index contributed by atoms with van der Waals surface area (Å²) in [5.41, 5.74) is -0.912. The van der Waals surface area contributed by atoms with Crippen molar-refractivity contribution >= 4 is 11.8 Å². The van der Waals surface area contributed by atoms with Gasteiger partial charge in [-0.15, -0.1) is 0 Å². The second kappa shape index (κ2) is 9.58. The van der Waals surface area contributed by atoms with E-state index in [1.54, 1.807) is 11.8 Å². The Morgan fingerprint density at radius 1 is 1.15 bits per heavy atom. The van der Waals surface area contributed by atoms with E-state index in [2.05, 4.69) is 9.88 Å². The summed E-state index contributed by atoms with van der Waals surface area (Å²) in [6, 6.07) is 2.31. The molecule has 182 valence electrons. The molecule has 0 aromatic carbocycles. The number of carbonyl (C=O) groups excluding carboxylic acids is 2. The standard InChI is InChI=1S/C23H31F3N4O3/c1-17-21(32)30(14-19-6-5-18(13-27-19)23(24,25)26)16-22(33-17)7-11-28(12-8-22)15-20(31)29-9-3-2-4-10-29/h5-6,13,17H,2-4,7-12,14-16H2,1H3. The van der Waals surface area contributed by atoms with Gasteiger partial charge in [0.2, 0.25) is 5.91 Å². The fraction of sp³-hybridized carbons (Fsp3) is 0.696. The van der Waals surface area contributed by atoms with Crippen molar-refractivity contribution in [2.45, 2.75) is 63.5 Å². The first kappa shape index (κ1) is 23.9. The molecule has 0 N–H and O–H groups in total. The van der Waals surface area contributed by atoms with Crippen LogP contribution in [0.15, 0.2) is 18.3 Å². The lowest BCUT2D eigenvalue weighted by Gasteiger charge is -2.49. The molecular weight excluding hydrogens is 437 g/mol. The van der Waals surface area contributed by atoms with Crippen LogP contribution in [0.4, 0.5) is 13.2 Å². The number of aromatic nitrogens is 1. The molecule has 33 heavy (non-hydrogen) atoms. The van der Waals surface area contributed by atoms with E-state index in [-0.39, 0.29) is 18.4 Å². The quantitative estimate of drug-likeness (QED) is 0.680. The van der Waals surface area contributed by atoms with Gasteiger partial charge in [-0.25, -0.2) is 0 Å². The minimum atomic E-state index is -4.44. The Kier molecular flexibility index (Phi) is 6.95. The largest absolute Gasteiger partial charge is 0.417 e. The highest BCUT2D eigenvalue weighted by molar-refractivity contribution is 5.81. The highest BCUT2D eigenvalue weighted by Crippen LogP contribution is 2.34. The summed E-state index contributed by atoms with van der Waals surface area (Å²) in [7, 11) is 0. The van der Waals surface area contributed by atoms with Gasteiger partial charge in [0.15, 0.2) is 0 Å². The molecule has 4 heterocycles. The lowest BCUT2D eigenvalue weighted by Crippen LogP contribution is -2.61. The lowest BCUT2D eigenvalue weighted by atomic mass is 9.88. The van der Waals surface area contributed by atoms with Gasteiger partial charge in [-0.05, 0) is 51.2 Å². The lowest BCUT2D eigenvalue weighted by molar-refractivity contribution is -0.191. The fourth-order valence-electron chi connectivity index (χ4n) is 4.99. The number of pyridine rings is 1. The van der Waals surface area contributed by atoms with E-state index in [9.17, 15) is 22.8 Å². The van der Waals surface area contributed by atoms with Gasteiger partial charge >= 0.3 is 6.18 Å². The van der Waals surface area contributed by atoms with Crippen LogP contribution in [-0.4, -0.2) is 82.5 Å². The number of carbonyl (C=O) groups is 2. The second-order valence-corrected chi connectivity index (χ2v) is 9.39. The molecule has 3 aliphatic heterocycles. The van der Waals surface area contributed by atoms with Gasteiger partial charge in [0.1, 0.15) is 6.10 Å². The monoisotopic (exact) mass is 468 g/mol. The molecule has 1 unspecified atom stereocenters. The van der Waals surface area contributed by atoms with Crippen LogP contribution in [0.2, 0.25) is 0 Å². The van der Waals surface area contributed by atoms with Crippen molar-refractivity contribution in [2.24, 2.45) is 0 Å². The Morgan fingerprint density at radius 2 is 1.85 bits per heavy atom. The molecule has 0 aliphatic carbocycles. The summed E-state index contributed by atoms with van der Waals surface area (Å²) in [4.78, 5) is 34.9. The van der Waals surface area contributed by atoms with Gasteiger partial charge < -0.3 is 14.5 Å². The van der Waals surface area contributed by atoms with E-state index < -0.39 is 23.4 Å². The third-order valence-electron chi connectivity index (χ3n) is 6.91. The van der Waals surface area contributed by atoms with Crippen LogP contribution in [0, 0.1) is 0 Å². The van der Waals surface area contributed by atoms with Gasteiger partial charge in [-0.1, -0.05) is 0 Å². The maximum absolute atomic E-state index is 12.8. The Labute approximate surface area is 191 Å². The summed E-state index contributed by atoms with van der Waals surface area (Å²) in [5, 5.41) is 0. The maximum atomic E-state index is 12.8. The normalized spacial score (nSPS) is 24.4. The van der Waals surface area contributed by atoms with Crippen LogP contribution in [-0.2, 0) is 27.0 Å². The van der Waals surface area contributed by atoms with E-state index in [1.807, 2.05) is 4.90 Å². The molecule has 3 aliphatic rings. The summed E-state index contributed by atoms with van der Waals surface area (Å²) in [6.07, 6.45) is 0.428. The van der Waals surface area contributed by atoms with Crippen LogP contribution in [0.5, 0.6) is 0 Å². The second-order valence-electron chi connectivity index (χ2n) is 9.39. The van der Waals surface area contributed by atoms with E-state index in [0.717, 1.165) is 38.2 Å². The molecule has 3 saturated heterocycles. The third kappa shape index (κ3) is 5.66. The summed E-state index contributed by atoms with van der Waals surface area (Å²) < 4.78 is 44.5. The fourth-order valence-corrected chi connectivity index (χ4v) is 4.99. The number of piperidine rings is 2. The summed E-state index contributed by atoms with van der Waals surface area (Å²) >= 11 is 0. The molecule has 0 radical (unpaired) electrons. The minimum absolute atomic E-state index is 0.142. The number of morpholine rings is 1. The van der Waals surface area contributed by atoms with Crippen LogP contribution < -0.4 is 0 Å². The number of rotatable bonds is 4. The molecular formula is C23H31F3N4O3. The molecule has 1 aromatic heterocycles. The van der Waals surface area contributed by atoms with Crippen molar-refractivity contribution in [3.63, 3.8) is 0 Å². The van der Waals surface area contributed by atoms with Gasteiger partial charge in [-0.3, -0.25) is 19.5 Å². The Hall–Kier alpha value is -2.20. The first-order valence-electron chi connectivity index (χ1n) is 11.6. The number of nitrogens with zero attached hydrogens (tertiary/aromatic N) is 4. The number of amides is 2. The molecule has 0 bridgehead atoms. The van der Waals surface area contributed by atoms with Crippen LogP contribution in [0.3, 0.4) is 0 Å². The summed E-state index contributed by atoms with van der Waals surface area (Å²) in [6.45, 7) is 5.71. The number of alkyl halides is 3. The Balaban J connectivity index is 1.35. The van der Waals surface area contributed by atoms with E-state index in [1.165, 1.54) is 12.5 Å². The van der Waals surface area contributed by atoms with Crippen molar-refractivity contribution in [1.82, 2.24) is 19.7 Å². The number of hydrogen-bond donors (Lipinski definition) is 0. The number of halogens is 3. The average molecular weight is 469 g/mol. The predicted octanol–water partition coefficient (Wildman–Crippen LogP) is 2.69. The zero-order valence-corrected chi connectivity index (χ0v) is 18.9. The molecule has 1 atom stereocenters. The Bertz CT molecular complexity index is 848. The van der Waals surface area contributed by atoms with Crippen molar-refractivity contribution in [3.05, 3.63) is 29.6 Å². The zero-order chi connectivity index (χ0) is 23.6. The molecule has 3 fully saturated rings. The summed E-state index contributed by atoms with van der Waals surface area (Å²) in [5.74, 6) is -0.0150. The van der Waals surface area contributed by atoms with E-state index >= 15 is 0 Å². The van der Waals surface area contributed by atoms with Crippen molar-refractivity contribution in [2.75, 3.05) is 39.3 Å². The third-order valence-corrected chi connectivity index (χ3v) is 6.91. The Morgan fingerprint density at radius 3 is 2.45 bits per heavy atom. The molecule has 2 amide bonds. The van der Waals surface area contributed by atoms with Crippen LogP contribution in [0.1, 0.15) is 50.3 Å². The smallest absolute Gasteiger partial charge is 0.360 e. The topological polar surface area (TPSA) is 66.0 Å². The molecule has 1 spiro atoms. The van der Waals surface area contributed by atoms with Gasteiger partial charge in [0.05, 0.1) is 36.5 Å². The zero-order valence-electron chi connectivity index (χ0n) is 18.9. The maximum Gasteiger partial charge on any atom is 0.417 e. The SMILES string of the molecule is CC1OC2(CCN(CC(=O)N3CCCCC3)CC2)CN(Cc2ccc(C(F)(F)F)cn2)C1=O. The molecule has 0 saturated carbocycles. The number of ether oxygens (including phenoxy) is 1. The van der Waals surface area contributed by atoms with Crippen molar-refractivity contribution < 1.29 is 27.5 Å². The number of likely N-dealkylation sites (tertiary alicyclic amines) is 2. The van der Waals surface area contributed by atoms with E-state index in [0.29, 0.717) is 44.7 Å². The van der Waals surface area contributed by atoms with Crippen molar-refractivity contribution in [3.8, 4) is 0 Å².